The Hall–Kier alpha value is -4.53. The number of allylic oxidation sites excluding steroid dienone is 3. The third-order valence-electron chi connectivity index (χ3n) is 5.72. The highest BCUT2D eigenvalue weighted by molar-refractivity contribution is 5.96. The Morgan fingerprint density at radius 3 is 2.37 bits per heavy atom. The van der Waals surface area contributed by atoms with Crippen molar-refractivity contribution in [3.63, 3.8) is 0 Å². The molecule has 1 aliphatic carbocycles. The smallest absolute Gasteiger partial charge is 0.489 e. The second-order valence-electron chi connectivity index (χ2n) is 8.51. The van der Waals surface area contributed by atoms with E-state index in [1.54, 1.807) is 30.4 Å². The average molecular weight is 524 g/mol. The summed E-state index contributed by atoms with van der Waals surface area (Å²) in [6.45, 7) is 0.252. The minimum absolute atomic E-state index is 0.0348. The predicted molar refractivity (Wildman–Crippen MR) is 137 cm³/mol. The number of ether oxygens (including phenoxy) is 2. The Morgan fingerprint density at radius 2 is 1.68 bits per heavy atom. The summed E-state index contributed by atoms with van der Waals surface area (Å²) in [5.74, 6) is -1.11. The molecular weight excluding hydrogens is 499 g/mol. The summed E-state index contributed by atoms with van der Waals surface area (Å²) in [4.78, 5) is 22.9. The van der Waals surface area contributed by atoms with E-state index in [2.05, 4.69) is 10.1 Å². The molecule has 0 saturated carbocycles. The highest BCUT2D eigenvalue weighted by Gasteiger charge is 2.31. The largest absolute Gasteiger partial charge is 0.573 e. The number of carboxylic acid groups (broad SMARTS) is 1. The second-order valence-corrected chi connectivity index (χ2v) is 8.51. The number of nitrogens with one attached hydrogen (secondary N) is 1. The van der Waals surface area contributed by atoms with Gasteiger partial charge in [0.05, 0.1) is 6.42 Å². The number of amides is 1. The molecule has 0 unspecified atom stereocenters. The van der Waals surface area contributed by atoms with Crippen LogP contribution in [-0.4, -0.2) is 36.5 Å². The Bertz CT molecular complexity index is 1420. The fraction of sp³-hybridized carbons (Fsp3) is 0.172. The summed E-state index contributed by atoms with van der Waals surface area (Å²) >= 11 is 0. The number of fused-ring (bicyclic) bond motifs is 1. The number of carbonyl (C=O) groups excluding carboxylic acids is 1. The lowest BCUT2D eigenvalue weighted by atomic mass is 10.00. The first-order valence-corrected chi connectivity index (χ1v) is 11.8. The van der Waals surface area contributed by atoms with Gasteiger partial charge in [0.15, 0.2) is 0 Å². The Morgan fingerprint density at radius 1 is 0.974 bits per heavy atom. The third-order valence-corrected chi connectivity index (χ3v) is 5.72. The molecule has 0 aliphatic heterocycles. The molecule has 196 valence electrons. The van der Waals surface area contributed by atoms with Crippen molar-refractivity contribution in [3.8, 4) is 22.6 Å². The van der Waals surface area contributed by atoms with E-state index in [1.807, 2.05) is 42.5 Å². The molecule has 6 nitrogen and oxygen atoms in total. The summed E-state index contributed by atoms with van der Waals surface area (Å²) in [7, 11) is 0. The molecule has 1 amide bonds. The van der Waals surface area contributed by atoms with Crippen LogP contribution in [0.5, 0.6) is 11.5 Å². The number of benzene rings is 3. The van der Waals surface area contributed by atoms with Gasteiger partial charge in [0.25, 0.3) is 5.91 Å². The van der Waals surface area contributed by atoms with Gasteiger partial charge in [-0.1, -0.05) is 54.6 Å². The van der Waals surface area contributed by atoms with E-state index in [0.29, 0.717) is 28.9 Å². The molecular formula is C29H24F3NO5. The minimum atomic E-state index is -4.77. The maximum atomic E-state index is 12.6. The molecule has 38 heavy (non-hydrogen) atoms. The van der Waals surface area contributed by atoms with Crippen LogP contribution in [-0.2, 0) is 9.59 Å². The highest BCUT2D eigenvalue weighted by atomic mass is 19.4. The van der Waals surface area contributed by atoms with E-state index in [1.165, 1.54) is 12.1 Å². The molecule has 9 heteroatoms. The van der Waals surface area contributed by atoms with Crippen LogP contribution >= 0.6 is 0 Å². The summed E-state index contributed by atoms with van der Waals surface area (Å²) in [6, 6.07) is 17.1. The normalized spacial score (nSPS) is 13.3. The van der Waals surface area contributed by atoms with Crippen molar-refractivity contribution < 1.29 is 37.3 Å². The molecule has 2 N–H and O–H groups in total. The summed E-state index contributed by atoms with van der Waals surface area (Å²) < 4.78 is 47.9. The Labute approximate surface area is 216 Å². The van der Waals surface area contributed by atoms with Crippen LogP contribution in [0.3, 0.4) is 0 Å². The number of carbonyl (C=O) groups is 2. The van der Waals surface area contributed by atoms with Crippen molar-refractivity contribution in [2.75, 3.05) is 13.2 Å². The van der Waals surface area contributed by atoms with Crippen molar-refractivity contribution in [1.29, 1.82) is 0 Å². The highest BCUT2D eigenvalue weighted by Crippen LogP contribution is 2.36. The van der Waals surface area contributed by atoms with Crippen LogP contribution in [0.4, 0.5) is 13.2 Å². The quantitative estimate of drug-likeness (QED) is 0.350. The van der Waals surface area contributed by atoms with Gasteiger partial charge in [-0.3, -0.25) is 9.59 Å². The fourth-order valence-corrected chi connectivity index (χ4v) is 3.88. The van der Waals surface area contributed by atoms with Gasteiger partial charge >= 0.3 is 12.3 Å². The number of hydrogen-bond donors (Lipinski definition) is 2. The molecule has 0 heterocycles. The number of alkyl halides is 3. The molecule has 1 aliphatic rings. The standard InChI is InChI=1S/C29H24F3NO5/c30-29(31,32)38-24-12-10-20(11-13-24)25-16-22-5-1-2-6-23(22)17-26(25)37-18-19-4-3-7-21(9-8-19)28(36)33-15-14-27(34)35/h1-3,5-13,16-17H,4,14-15,18H2,(H,33,36)(H,34,35). The van der Waals surface area contributed by atoms with Gasteiger partial charge in [0.2, 0.25) is 0 Å². The summed E-state index contributed by atoms with van der Waals surface area (Å²) in [6.07, 6.45) is 2.54. The van der Waals surface area contributed by atoms with Crippen LogP contribution in [0, 0.1) is 0 Å². The first-order valence-electron chi connectivity index (χ1n) is 11.8. The van der Waals surface area contributed by atoms with Gasteiger partial charge < -0.3 is 19.9 Å². The minimum Gasteiger partial charge on any atom is -0.489 e. The molecule has 4 rings (SSSR count). The number of aliphatic carboxylic acids is 1. The van der Waals surface area contributed by atoms with Gasteiger partial charge in [0, 0.05) is 17.7 Å². The number of carboxylic acids is 1. The maximum absolute atomic E-state index is 12.6. The summed E-state index contributed by atoms with van der Waals surface area (Å²) in [5, 5.41) is 13.2. The van der Waals surface area contributed by atoms with Gasteiger partial charge in [-0.25, -0.2) is 0 Å². The van der Waals surface area contributed by atoms with Crippen LogP contribution < -0.4 is 14.8 Å². The van der Waals surface area contributed by atoms with E-state index in [0.717, 1.165) is 16.3 Å². The predicted octanol–water partition coefficient (Wildman–Crippen LogP) is 6.19. The molecule has 3 aromatic rings. The van der Waals surface area contributed by atoms with Crippen LogP contribution in [0.25, 0.3) is 21.9 Å². The molecule has 0 aromatic heterocycles. The number of hydrogen-bond acceptors (Lipinski definition) is 4. The molecule has 0 bridgehead atoms. The zero-order valence-corrected chi connectivity index (χ0v) is 20.1. The molecule has 0 spiro atoms. The molecule has 0 atom stereocenters. The van der Waals surface area contributed by atoms with Gasteiger partial charge in [-0.15, -0.1) is 13.2 Å². The van der Waals surface area contributed by atoms with Gasteiger partial charge in [-0.05, 0) is 58.7 Å². The topological polar surface area (TPSA) is 84.9 Å². The van der Waals surface area contributed by atoms with E-state index < -0.39 is 12.3 Å². The van der Waals surface area contributed by atoms with Crippen LogP contribution in [0.1, 0.15) is 12.8 Å². The lowest BCUT2D eigenvalue weighted by Gasteiger charge is -2.15. The second kappa shape index (κ2) is 11.7. The van der Waals surface area contributed by atoms with Crippen LogP contribution in [0.15, 0.2) is 96.1 Å². The van der Waals surface area contributed by atoms with Crippen LogP contribution in [0.2, 0.25) is 0 Å². The van der Waals surface area contributed by atoms with Crippen molar-refractivity contribution in [3.05, 3.63) is 96.1 Å². The monoisotopic (exact) mass is 523 g/mol. The molecule has 0 fully saturated rings. The average Bonchev–Trinajstić information content (AvgIpc) is 3.12. The zero-order valence-electron chi connectivity index (χ0n) is 20.1. The lowest BCUT2D eigenvalue weighted by Crippen LogP contribution is -2.26. The molecule has 3 aromatic carbocycles. The van der Waals surface area contributed by atoms with Crippen molar-refractivity contribution in [2.24, 2.45) is 0 Å². The van der Waals surface area contributed by atoms with E-state index >= 15 is 0 Å². The van der Waals surface area contributed by atoms with E-state index in [9.17, 15) is 22.8 Å². The van der Waals surface area contributed by atoms with Crippen molar-refractivity contribution in [1.82, 2.24) is 5.32 Å². The van der Waals surface area contributed by atoms with Crippen molar-refractivity contribution >= 4 is 22.6 Å². The number of rotatable bonds is 9. The first-order chi connectivity index (χ1) is 18.2. The zero-order chi connectivity index (χ0) is 27.1. The Kier molecular flexibility index (Phi) is 8.15. The molecule has 0 radical (unpaired) electrons. The number of halogens is 3. The van der Waals surface area contributed by atoms with Crippen molar-refractivity contribution in [2.45, 2.75) is 19.2 Å². The molecule has 0 saturated heterocycles. The van der Waals surface area contributed by atoms with Gasteiger partial charge in [0.1, 0.15) is 18.1 Å². The van der Waals surface area contributed by atoms with E-state index in [4.69, 9.17) is 9.84 Å². The lowest BCUT2D eigenvalue weighted by molar-refractivity contribution is -0.274. The van der Waals surface area contributed by atoms with Gasteiger partial charge in [-0.2, -0.15) is 0 Å². The Balaban J connectivity index is 1.54. The SMILES string of the molecule is O=C(O)CCNC(=O)C1=CC=C(COc2cc3ccccc3cc2-c2ccc(OC(F)(F)F)cc2)CC=C1. The third kappa shape index (κ3) is 7.25. The summed E-state index contributed by atoms with van der Waals surface area (Å²) in [5.41, 5.74) is 2.66. The maximum Gasteiger partial charge on any atom is 0.573 e. The fourth-order valence-electron chi connectivity index (χ4n) is 3.88. The first kappa shape index (κ1) is 26.5. The van der Waals surface area contributed by atoms with E-state index in [-0.39, 0.29) is 31.2 Å².